The van der Waals surface area contributed by atoms with Crippen LogP contribution < -0.4 is 4.74 Å². The summed E-state index contributed by atoms with van der Waals surface area (Å²) in [6.07, 6.45) is 8.46. The molecule has 1 fully saturated rings. The predicted octanol–water partition coefficient (Wildman–Crippen LogP) is 3.22. The molecule has 1 aliphatic heterocycles. The first-order valence-corrected chi connectivity index (χ1v) is 8.44. The second-order valence-corrected chi connectivity index (χ2v) is 6.32. The van der Waals surface area contributed by atoms with E-state index in [0.717, 1.165) is 42.9 Å². The Balaban J connectivity index is 1.47. The Bertz CT molecular complexity index is 766. The number of amides is 1. The van der Waals surface area contributed by atoms with Crippen molar-refractivity contribution in [3.8, 4) is 5.75 Å². The van der Waals surface area contributed by atoms with E-state index in [0.29, 0.717) is 12.6 Å². The van der Waals surface area contributed by atoms with Crippen LogP contribution in [-0.4, -0.2) is 28.4 Å². The van der Waals surface area contributed by atoms with Crippen LogP contribution in [0.4, 0.5) is 0 Å². The Morgan fingerprint density at radius 2 is 2.21 bits per heavy atom. The normalized spacial score (nSPS) is 16.0. The summed E-state index contributed by atoms with van der Waals surface area (Å²) in [4.78, 5) is 18.9. The minimum Gasteiger partial charge on any atom is -0.493 e. The van der Waals surface area contributed by atoms with Crippen molar-refractivity contribution < 1.29 is 9.53 Å². The molecule has 1 aliphatic carbocycles. The highest BCUT2D eigenvalue weighted by molar-refractivity contribution is 5.92. The van der Waals surface area contributed by atoms with Gasteiger partial charge in [0.15, 0.2) is 0 Å². The van der Waals surface area contributed by atoms with E-state index >= 15 is 0 Å². The van der Waals surface area contributed by atoms with E-state index in [1.807, 2.05) is 41.3 Å². The fourth-order valence-electron chi connectivity index (χ4n) is 3.01. The van der Waals surface area contributed by atoms with E-state index in [4.69, 9.17) is 4.74 Å². The van der Waals surface area contributed by atoms with Crippen molar-refractivity contribution in [2.45, 2.75) is 31.8 Å². The maximum atomic E-state index is 12.6. The number of pyridine rings is 1. The number of ether oxygens (including phenoxy) is 1. The van der Waals surface area contributed by atoms with E-state index in [2.05, 4.69) is 11.1 Å². The smallest absolute Gasteiger partial charge is 0.247 e. The third-order valence-electron chi connectivity index (χ3n) is 4.46. The summed E-state index contributed by atoms with van der Waals surface area (Å²) in [5, 5.41) is 0. The van der Waals surface area contributed by atoms with Crippen molar-refractivity contribution in [1.82, 2.24) is 9.88 Å². The zero-order valence-corrected chi connectivity index (χ0v) is 13.5. The number of aromatic nitrogens is 1. The molecule has 4 heteroatoms. The number of carbonyl (C=O) groups is 1. The maximum Gasteiger partial charge on any atom is 0.247 e. The molecule has 0 unspecified atom stereocenters. The first-order valence-electron chi connectivity index (χ1n) is 8.44. The molecule has 2 aromatic rings. The van der Waals surface area contributed by atoms with Crippen LogP contribution in [0.25, 0.3) is 6.08 Å². The first kappa shape index (κ1) is 14.9. The van der Waals surface area contributed by atoms with Gasteiger partial charge in [-0.05, 0) is 54.3 Å². The number of fused-ring (bicyclic) bond motifs is 1. The molecule has 0 atom stereocenters. The van der Waals surface area contributed by atoms with E-state index in [1.165, 1.54) is 5.56 Å². The molecule has 2 aliphatic rings. The van der Waals surface area contributed by atoms with Crippen LogP contribution in [0.2, 0.25) is 0 Å². The molecule has 0 bridgehead atoms. The van der Waals surface area contributed by atoms with Gasteiger partial charge in [0, 0.05) is 24.7 Å². The van der Waals surface area contributed by atoms with Gasteiger partial charge in [-0.15, -0.1) is 0 Å². The molecule has 4 nitrogen and oxygen atoms in total. The highest BCUT2D eigenvalue weighted by Gasteiger charge is 2.31. The Labute approximate surface area is 141 Å². The van der Waals surface area contributed by atoms with Gasteiger partial charge in [0.05, 0.1) is 18.8 Å². The summed E-state index contributed by atoms with van der Waals surface area (Å²) in [6, 6.07) is 12.3. The quantitative estimate of drug-likeness (QED) is 0.794. The van der Waals surface area contributed by atoms with Crippen molar-refractivity contribution in [3.63, 3.8) is 0 Å². The number of carbonyl (C=O) groups excluding carboxylic acids is 1. The molecule has 24 heavy (non-hydrogen) atoms. The monoisotopic (exact) mass is 320 g/mol. The van der Waals surface area contributed by atoms with Crippen LogP contribution in [0.5, 0.6) is 5.75 Å². The number of hydrogen-bond donors (Lipinski definition) is 0. The predicted molar refractivity (Wildman–Crippen MR) is 92.5 cm³/mol. The Morgan fingerprint density at radius 1 is 1.29 bits per heavy atom. The van der Waals surface area contributed by atoms with E-state index in [1.54, 1.807) is 12.3 Å². The maximum absolute atomic E-state index is 12.6. The van der Waals surface area contributed by atoms with Gasteiger partial charge >= 0.3 is 0 Å². The summed E-state index contributed by atoms with van der Waals surface area (Å²) >= 11 is 0. The second kappa shape index (κ2) is 6.48. The molecule has 1 aromatic heterocycles. The zero-order chi connectivity index (χ0) is 16.4. The standard InChI is InChI=1S/C20H20N2O2/c23-20(9-5-15-4-8-19-16(13-15)10-12-24-19)22(18-6-7-18)14-17-3-1-2-11-21-17/h1-5,8-9,11,13,18H,6-7,10,12,14H2. The summed E-state index contributed by atoms with van der Waals surface area (Å²) in [7, 11) is 0. The molecule has 0 radical (unpaired) electrons. The lowest BCUT2D eigenvalue weighted by atomic mass is 10.1. The topological polar surface area (TPSA) is 42.4 Å². The molecule has 0 spiro atoms. The lowest BCUT2D eigenvalue weighted by molar-refractivity contribution is -0.127. The van der Waals surface area contributed by atoms with Gasteiger partial charge in [0.1, 0.15) is 5.75 Å². The van der Waals surface area contributed by atoms with Gasteiger partial charge in [0.2, 0.25) is 5.91 Å². The molecule has 122 valence electrons. The number of rotatable bonds is 5. The summed E-state index contributed by atoms with van der Waals surface area (Å²) in [6.45, 7) is 1.33. The Morgan fingerprint density at radius 3 is 3.00 bits per heavy atom. The lowest BCUT2D eigenvalue weighted by Gasteiger charge is -2.20. The lowest BCUT2D eigenvalue weighted by Crippen LogP contribution is -2.31. The first-order chi connectivity index (χ1) is 11.8. The summed E-state index contributed by atoms with van der Waals surface area (Å²) in [5.41, 5.74) is 3.19. The third kappa shape index (κ3) is 3.32. The van der Waals surface area contributed by atoms with E-state index < -0.39 is 0 Å². The van der Waals surface area contributed by atoms with Gasteiger partial charge in [-0.2, -0.15) is 0 Å². The van der Waals surface area contributed by atoms with Crippen LogP contribution in [0.15, 0.2) is 48.7 Å². The molecule has 0 saturated heterocycles. The zero-order valence-electron chi connectivity index (χ0n) is 13.5. The SMILES string of the molecule is O=C(C=Cc1ccc2c(c1)CCO2)N(Cc1ccccn1)C1CC1. The van der Waals surface area contributed by atoms with Crippen LogP contribution in [-0.2, 0) is 17.8 Å². The average molecular weight is 320 g/mol. The highest BCUT2D eigenvalue weighted by atomic mass is 16.5. The van der Waals surface area contributed by atoms with Gasteiger partial charge in [-0.3, -0.25) is 9.78 Å². The average Bonchev–Trinajstić information content (AvgIpc) is 3.35. The van der Waals surface area contributed by atoms with E-state index in [-0.39, 0.29) is 5.91 Å². The second-order valence-electron chi connectivity index (χ2n) is 6.32. The van der Waals surface area contributed by atoms with Crippen LogP contribution in [0, 0.1) is 0 Å². The fourth-order valence-corrected chi connectivity index (χ4v) is 3.01. The number of nitrogens with zero attached hydrogens (tertiary/aromatic N) is 2. The molecular formula is C20H20N2O2. The van der Waals surface area contributed by atoms with Gasteiger partial charge in [-0.25, -0.2) is 0 Å². The van der Waals surface area contributed by atoms with Crippen molar-refractivity contribution >= 4 is 12.0 Å². The molecule has 4 rings (SSSR count). The molecule has 1 aromatic carbocycles. The molecule has 1 amide bonds. The van der Waals surface area contributed by atoms with E-state index in [9.17, 15) is 4.79 Å². The highest BCUT2D eigenvalue weighted by Crippen LogP contribution is 2.29. The Hall–Kier alpha value is -2.62. The van der Waals surface area contributed by atoms with Crippen molar-refractivity contribution in [3.05, 3.63) is 65.5 Å². The van der Waals surface area contributed by atoms with Crippen molar-refractivity contribution in [2.75, 3.05) is 6.61 Å². The van der Waals surface area contributed by atoms with Crippen molar-refractivity contribution in [1.29, 1.82) is 0 Å². The van der Waals surface area contributed by atoms with Gasteiger partial charge in [0.25, 0.3) is 0 Å². The van der Waals surface area contributed by atoms with Gasteiger partial charge in [-0.1, -0.05) is 12.1 Å². The van der Waals surface area contributed by atoms with Crippen LogP contribution in [0.3, 0.4) is 0 Å². The molecule has 0 N–H and O–H groups in total. The summed E-state index contributed by atoms with van der Waals surface area (Å²) < 4.78 is 5.52. The molecule has 2 heterocycles. The van der Waals surface area contributed by atoms with Crippen LogP contribution in [0.1, 0.15) is 29.7 Å². The van der Waals surface area contributed by atoms with Crippen molar-refractivity contribution in [2.24, 2.45) is 0 Å². The molecular weight excluding hydrogens is 300 g/mol. The van der Waals surface area contributed by atoms with Gasteiger partial charge < -0.3 is 9.64 Å². The number of benzene rings is 1. The minimum absolute atomic E-state index is 0.0555. The van der Waals surface area contributed by atoms with Crippen LogP contribution >= 0.6 is 0 Å². The Kier molecular flexibility index (Phi) is 4.03. The summed E-state index contributed by atoms with van der Waals surface area (Å²) in [5.74, 6) is 1.02. The molecule has 1 saturated carbocycles. The largest absolute Gasteiger partial charge is 0.493 e. The third-order valence-corrected chi connectivity index (χ3v) is 4.46. The minimum atomic E-state index is 0.0555. The fraction of sp³-hybridized carbons (Fsp3) is 0.300. The number of hydrogen-bond acceptors (Lipinski definition) is 3.